The highest BCUT2D eigenvalue weighted by Gasteiger charge is 2.11. The van der Waals surface area contributed by atoms with Crippen molar-refractivity contribution < 1.29 is 4.79 Å². The number of benzene rings is 1. The van der Waals surface area contributed by atoms with Crippen molar-refractivity contribution in [2.24, 2.45) is 4.99 Å². The second-order valence-electron chi connectivity index (χ2n) is 4.41. The standard InChI is InChI=1S/C14H19N3OS/c1-3-11-6-4-5-10(2)13(11)17-12(18)9-19-14-15-7-8-16-14/h4-6H,3,7-9H2,1-2H3,(H,15,16)(H,17,18). The first-order valence-corrected chi connectivity index (χ1v) is 7.48. The maximum Gasteiger partial charge on any atom is 0.234 e. The Bertz CT molecular complexity index is 499. The van der Waals surface area contributed by atoms with Crippen molar-refractivity contribution in [3.8, 4) is 0 Å². The molecule has 0 fully saturated rings. The maximum absolute atomic E-state index is 12.0. The lowest BCUT2D eigenvalue weighted by Gasteiger charge is -2.12. The molecule has 0 spiro atoms. The number of hydrogen-bond acceptors (Lipinski definition) is 4. The Morgan fingerprint density at radius 2 is 2.37 bits per heavy atom. The number of para-hydroxylation sites is 1. The van der Waals surface area contributed by atoms with Crippen molar-refractivity contribution in [2.75, 3.05) is 24.2 Å². The molecule has 2 rings (SSSR count). The van der Waals surface area contributed by atoms with Crippen LogP contribution in [0.4, 0.5) is 5.69 Å². The van der Waals surface area contributed by atoms with Gasteiger partial charge in [0.05, 0.1) is 12.3 Å². The van der Waals surface area contributed by atoms with E-state index in [0.717, 1.165) is 35.9 Å². The van der Waals surface area contributed by atoms with E-state index >= 15 is 0 Å². The van der Waals surface area contributed by atoms with Gasteiger partial charge in [0.25, 0.3) is 0 Å². The third-order valence-corrected chi connectivity index (χ3v) is 3.94. The van der Waals surface area contributed by atoms with Crippen LogP contribution in [0.5, 0.6) is 0 Å². The van der Waals surface area contributed by atoms with Gasteiger partial charge >= 0.3 is 0 Å². The van der Waals surface area contributed by atoms with Gasteiger partial charge in [-0.2, -0.15) is 0 Å². The van der Waals surface area contributed by atoms with Crippen molar-refractivity contribution in [2.45, 2.75) is 20.3 Å². The summed E-state index contributed by atoms with van der Waals surface area (Å²) < 4.78 is 0. The molecule has 1 aromatic rings. The van der Waals surface area contributed by atoms with E-state index in [0.29, 0.717) is 5.75 Å². The smallest absolute Gasteiger partial charge is 0.234 e. The Hall–Kier alpha value is -1.49. The lowest BCUT2D eigenvalue weighted by atomic mass is 10.1. The van der Waals surface area contributed by atoms with Crippen molar-refractivity contribution in [1.29, 1.82) is 0 Å². The minimum atomic E-state index is 0.0189. The van der Waals surface area contributed by atoms with Gasteiger partial charge in [-0.05, 0) is 24.5 Å². The monoisotopic (exact) mass is 277 g/mol. The Balaban J connectivity index is 1.94. The maximum atomic E-state index is 12.0. The SMILES string of the molecule is CCc1cccc(C)c1NC(=O)CSC1=NCCN1. The molecule has 1 aromatic carbocycles. The average molecular weight is 277 g/mol. The molecule has 0 atom stereocenters. The molecule has 5 heteroatoms. The van der Waals surface area contributed by atoms with E-state index in [4.69, 9.17) is 0 Å². The fourth-order valence-electron chi connectivity index (χ4n) is 1.98. The molecule has 0 saturated carbocycles. The zero-order chi connectivity index (χ0) is 13.7. The molecule has 0 radical (unpaired) electrons. The summed E-state index contributed by atoms with van der Waals surface area (Å²) >= 11 is 1.46. The zero-order valence-electron chi connectivity index (χ0n) is 11.3. The number of thioether (sulfide) groups is 1. The molecule has 0 aromatic heterocycles. The number of hydrogen-bond donors (Lipinski definition) is 2. The van der Waals surface area contributed by atoms with Crippen molar-refractivity contribution in [1.82, 2.24) is 5.32 Å². The van der Waals surface area contributed by atoms with Crippen LogP contribution in [0.3, 0.4) is 0 Å². The zero-order valence-corrected chi connectivity index (χ0v) is 12.1. The molecule has 0 bridgehead atoms. The Kier molecular flexibility index (Phi) is 4.85. The Morgan fingerprint density at radius 1 is 1.53 bits per heavy atom. The van der Waals surface area contributed by atoms with Gasteiger partial charge in [-0.3, -0.25) is 9.79 Å². The van der Waals surface area contributed by atoms with Crippen molar-refractivity contribution >= 4 is 28.5 Å². The molecular weight excluding hydrogens is 258 g/mol. The molecule has 0 unspecified atom stereocenters. The molecule has 1 amide bonds. The largest absolute Gasteiger partial charge is 0.363 e. The summed E-state index contributed by atoms with van der Waals surface area (Å²) in [6.45, 7) is 5.80. The van der Waals surface area contributed by atoms with Crippen LogP contribution in [-0.2, 0) is 11.2 Å². The minimum Gasteiger partial charge on any atom is -0.363 e. The van der Waals surface area contributed by atoms with Gasteiger partial charge < -0.3 is 10.6 Å². The first kappa shape index (κ1) is 13.9. The van der Waals surface area contributed by atoms with Gasteiger partial charge in [0.15, 0.2) is 5.17 Å². The number of aryl methyl sites for hydroxylation is 2. The molecule has 1 aliphatic heterocycles. The summed E-state index contributed by atoms with van der Waals surface area (Å²) in [7, 11) is 0. The van der Waals surface area contributed by atoms with Crippen LogP contribution in [0, 0.1) is 6.92 Å². The van der Waals surface area contributed by atoms with Gasteiger partial charge in [-0.15, -0.1) is 0 Å². The highest BCUT2D eigenvalue weighted by Crippen LogP contribution is 2.21. The molecule has 102 valence electrons. The second kappa shape index (κ2) is 6.61. The topological polar surface area (TPSA) is 53.5 Å². The summed E-state index contributed by atoms with van der Waals surface area (Å²) in [5.74, 6) is 0.411. The summed E-state index contributed by atoms with van der Waals surface area (Å²) in [6.07, 6.45) is 0.915. The number of amidine groups is 1. The molecule has 4 nitrogen and oxygen atoms in total. The average Bonchev–Trinajstić information content (AvgIpc) is 2.92. The predicted molar refractivity (Wildman–Crippen MR) is 81.9 cm³/mol. The molecular formula is C14H19N3OS. The first-order chi connectivity index (χ1) is 9.20. The van der Waals surface area contributed by atoms with Gasteiger partial charge in [0.1, 0.15) is 0 Å². The molecule has 0 saturated heterocycles. The van der Waals surface area contributed by atoms with Crippen LogP contribution in [0.1, 0.15) is 18.1 Å². The Labute approximate surface area is 118 Å². The summed E-state index contributed by atoms with van der Waals surface area (Å²) in [5.41, 5.74) is 3.24. The van der Waals surface area contributed by atoms with Crippen LogP contribution < -0.4 is 10.6 Å². The molecule has 19 heavy (non-hydrogen) atoms. The van der Waals surface area contributed by atoms with E-state index in [2.05, 4.69) is 28.6 Å². The number of nitrogens with one attached hydrogen (secondary N) is 2. The fraction of sp³-hybridized carbons (Fsp3) is 0.429. The molecule has 1 heterocycles. The van der Waals surface area contributed by atoms with Gasteiger partial charge in [-0.25, -0.2) is 0 Å². The number of anilines is 1. The van der Waals surface area contributed by atoms with E-state index < -0.39 is 0 Å². The Morgan fingerprint density at radius 3 is 3.05 bits per heavy atom. The second-order valence-corrected chi connectivity index (χ2v) is 5.38. The van der Waals surface area contributed by atoms with Crippen LogP contribution in [-0.4, -0.2) is 29.9 Å². The quantitative estimate of drug-likeness (QED) is 0.887. The minimum absolute atomic E-state index is 0.0189. The van der Waals surface area contributed by atoms with Gasteiger partial charge in [0.2, 0.25) is 5.91 Å². The van der Waals surface area contributed by atoms with Crippen LogP contribution in [0.25, 0.3) is 0 Å². The van der Waals surface area contributed by atoms with Crippen molar-refractivity contribution in [3.63, 3.8) is 0 Å². The first-order valence-electron chi connectivity index (χ1n) is 6.50. The number of carbonyl (C=O) groups is 1. The molecule has 2 N–H and O–H groups in total. The van der Waals surface area contributed by atoms with E-state index in [9.17, 15) is 4.79 Å². The van der Waals surface area contributed by atoms with Crippen LogP contribution in [0.2, 0.25) is 0 Å². The lowest BCUT2D eigenvalue weighted by molar-refractivity contribution is -0.113. The number of rotatable bonds is 4. The lowest BCUT2D eigenvalue weighted by Crippen LogP contribution is -2.21. The number of aliphatic imine (C=N–C) groups is 1. The summed E-state index contributed by atoms with van der Waals surface area (Å²) in [5, 5.41) is 7.02. The van der Waals surface area contributed by atoms with E-state index in [-0.39, 0.29) is 5.91 Å². The fourth-order valence-corrected chi connectivity index (χ4v) is 2.71. The number of amides is 1. The third kappa shape index (κ3) is 3.73. The summed E-state index contributed by atoms with van der Waals surface area (Å²) in [6, 6.07) is 6.10. The van der Waals surface area contributed by atoms with Gasteiger partial charge in [0, 0.05) is 12.2 Å². The highest BCUT2D eigenvalue weighted by molar-refractivity contribution is 8.14. The highest BCUT2D eigenvalue weighted by atomic mass is 32.2. The van der Waals surface area contributed by atoms with Gasteiger partial charge in [-0.1, -0.05) is 36.9 Å². The normalized spacial score (nSPS) is 13.9. The molecule has 0 aliphatic carbocycles. The number of nitrogens with zero attached hydrogens (tertiary/aromatic N) is 1. The van der Waals surface area contributed by atoms with E-state index in [1.165, 1.54) is 17.3 Å². The van der Waals surface area contributed by atoms with Crippen LogP contribution in [0.15, 0.2) is 23.2 Å². The van der Waals surface area contributed by atoms with Crippen molar-refractivity contribution in [3.05, 3.63) is 29.3 Å². The number of carbonyl (C=O) groups excluding carboxylic acids is 1. The predicted octanol–water partition coefficient (Wildman–Crippen LogP) is 2.19. The van der Waals surface area contributed by atoms with E-state index in [1.54, 1.807) is 0 Å². The third-order valence-electron chi connectivity index (χ3n) is 2.99. The van der Waals surface area contributed by atoms with Crippen LogP contribution >= 0.6 is 11.8 Å². The van der Waals surface area contributed by atoms with E-state index in [1.807, 2.05) is 19.1 Å². The molecule has 1 aliphatic rings. The summed E-state index contributed by atoms with van der Waals surface area (Å²) in [4.78, 5) is 16.2.